The Morgan fingerprint density at radius 1 is 1.36 bits per heavy atom. The van der Waals surface area contributed by atoms with Crippen molar-refractivity contribution in [2.24, 2.45) is 11.8 Å². The van der Waals surface area contributed by atoms with E-state index in [-0.39, 0.29) is 17.9 Å². The Hall–Kier alpha value is -2.30. The standard InChI is InChI=1S/C17H19NO4/c1-4-21-17(20)15-10(3)18-14-6-5-11(8-13(14)15)22-16(19)12-7-9(12)2/h5-6,8-9,12,18H,4,7H2,1-3H3/t9-,12+/m0/s1. The van der Waals surface area contributed by atoms with E-state index in [0.29, 0.717) is 29.2 Å². The van der Waals surface area contributed by atoms with Gasteiger partial charge in [0.05, 0.1) is 18.1 Å². The molecule has 0 unspecified atom stereocenters. The highest BCUT2D eigenvalue weighted by atomic mass is 16.5. The lowest BCUT2D eigenvalue weighted by Gasteiger charge is -2.05. The van der Waals surface area contributed by atoms with E-state index in [0.717, 1.165) is 17.6 Å². The summed E-state index contributed by atoms with van der Waals surface area (Å²) in [7, 11) is 0. The summed E-state index contributed by atoms with van der Waals surface area (Å²) >= 11 is 0. The number of fused-ring (bicyclic) bond motifs is 1. The summed E-state index contributed by atoms with van der Waals surface area (Å²) in [5.74, 6) is 0.303. The fraction of sp³-hybridized carbons (Fsp3) is 0.412. The van der Waals surface area contributed by atoms with Gasteiger partial charge < -0.3 is 14.5 Å². The number of ether oxygens (including phenoxy) is 2. The Kier molecular flexibility index (Phi) is 3.64. The van der Waals surface area contributed by atoms with Crippen molar-refractivity contribution in [3.8, 4) is 5.75 Å². The molecule has 0 radical (unpaired) electrons. The minimum absolute atomic E-state index is 0.00758. The number of nitrogens with one attached hydrogen (secondary N) is 1. The van der Waals surface area contributed by atoms with E-state index in [2.05, 4.69) is 4.98 Å². The van der Waals surface area contributed by atoms with Crippen molar-refractivity contribution < 1.29 is 19.1 Å². The van der Waals surface area contributed by atoms with E-state index in [1.165, 1.54) is 0 Å². The maximum Gasteiger partial charge on any atom is 0.340 e. The predicted octanol–water partition coefficient (Wildman–Crippen LogP) is 3.21. The first-order chi connectivity index (χ1) is 10.5. The van der Waals surface area contributed by atoms with E-state index >= 15 is 0 Å². The Labute approximate surface area is 128 Å². The van der Waals surface area contributed by atoms with Crippen LogP contribution in [0, 0.1) is 18.8 Å². The zero-order valence-electron chi connectivity index (χ0n) is 12.9. The number of esters is 2. The number of hydrogen-bond donors (Lipinski definition) is 1. The van der Waals surface area contributed by atoms with Crippen LogP contribution < -0.4 is 4.74 Å². The average molecular weight is 301 g/mol. The van der Waals surface area contributed by atoms with Gasteiger partial charge in [-0.3, -0.25) is 4.79 Å². The van der Waals surface area contributed by atoms with Crippen molar-refractivity contribution in [1.82, 2.24) is 4.98 Å². The molecule has 1 aromatic heterocycles. The number of aromatic amines is 1. The predicted molar refractivity (Wildman–Crippen MR) is 81.9 cm³/mol. The van der Waals surface area contributed by atoms with E-state index in [4.69, 9.17) is 9.47 Å². The van der Waals surface area contributed by atoms with Crippen LogP contribution in [0.3, 0.4) is 0 Å². The van der Waals surface area contributed by atoms with Crippen LogP contribution in [0.5, 0.6) is 5.75 Å². The highest BCUT2D eigenvalue weighted by Gasteiger charge is 2.40. The highest BCUT2D eigenvalue weighted by Crippen LogP contribution is 2.39. The summed E-state index contributed by atoms with van der Waals surface area (Å²) in [6.07, 6.45) is 0.887. The number of rotatable bonds is 4. The third-order valence-electron chi connectivity index (χ3n) is 4.07. The third-order valence-corrected chi connectivity index (χ3v) is 4.07. The zero-order chi connectivity index (χ0) is 15.9. The Bertz CT molecular complexity index is 746. The van der Waals surface area contributed by atoms with Crippen molar-refractivity contribution in [2.45, 2.75) is 27.2 Å². The molecule has 1 aliphatic carbocycles. The molecule has 2 aromatic rings. The highest BCUT2D eigenvalue weighted by molar-refractivity contribution is 6.06. The van der Waals surface area contributed by atoms with Gasteiger partial charge in [0.2, 0.25) is 0 Å². The maximum atomic E-state index is 12.1. The third kappa shape index (κ3) is 2.58. The molecule has 0 amide bonds. The molecular formula is C17H19NO4. The van der Waals surface area contributed by atoms with Gasteiger partial charge in [-0.25, -0.2) is 4.79 Å². The zero-order valence-corrected chi connectivity index (χ0v) is 12.9. The second-order valence-electron chi connectivity index (χ2n) is 5.79. The fourth-order valence-electron chi connectivity index (χ4n) is 2.68. The summed E-state index contributed by atoms with van der Waals surface area (Å²) in [4.78, 5) is 27.2. The average Bonchev–Trinajstić information content (AvgIpc) is 3.10. The first-order valence-electron chi connectivity index (χ1n) is 7.52. The van der Waals surface area contributed by atoms with Crippen molar-refractivity contribution in [2.75, 3.05) is 6.61 Å². The number of H-pyrrole nitrogens is 1. The molecule has 5 heteroatoms. The minimum Gasteiger partial charge on any atom is -0.462 e. The van der Waals surface area contributed by atoms with Crippen LogP contribution in [0.15, 0.2) is 18.2 Å². The molecule has 2 atom stereocenters. The quantitative estimate of drug-likeness (QED) is 0.695. The molecule has 1 aliphatic rings. The SMILES string of the molecule is CCOC(=O)c1c(C)[nH]c2ccc(OC(=O)[C@@H]3C[C@@H]3C)cc12. The number of carbonyl (C=O) groups excluding carboxylic acids is 2. The second-order valence-corrected chi connectivity index (χ2v) is 5.79. The molecule has 22 heavy (non-hydrogen) atoms. The van der Waals surface area contributed by atoms with Crippen molar-refractivity contribution in [1.29, 1.82) is 0 Å². The normalized spacial score (nSPS) is 20.0. The lowest BCUT2D eigenvalue weighted by Crippen LogP contribution is -2.11. The van der Waals surface area contributed by atoms with Gasteiger partial charge in [0, 0.05) is 16.6 Å². The largest absolute Gasteiger partial charge is 0.462 e. The topological polar surface area (TPSA) is 68.4 Å². The van der Waals surface area contributed by atoms with Crippen LogP contribution in [0.4, 0.5) is 0 Å². The Morgan fingerprint density at radius 2 is 2.09 bits per heavy atom. The molecule has 3 rings (SSSR count). The summed E-state index contributed by atoms with van der Waals surface area (Å²) in [5.41, 5.74) is 2.06. The molecule has 1 fully saturated rings. The van der Waals surface area contributed by atoms with E-state index in [1.807, 2.05) is 19.9 Å². The van der Waals surface area contributed by atoms with Crippen LogP contribution in [-0.2, 0) is 9.53 Å². The first kappa shape index (κ1) is 14.6. The summed E-state index contributed by atoms with van der Waals surface area (Å²) in [6, 6.07) is 5.26. The summed E-state index contributed by atoms with van der Waals surface area (Å²) < 4.78 is 10.5. The Morgan fingerprint density at radius 3 is 2.73 bits per heavy atom. The lowest BCUT2D eigenvalue weighted by molar-refractivity contribution is -0.136. The monoisotopic (exact) mass is 301 g/mol. The lowest BCUT2D eigenvalue weighted by atomic mass is 10.1. The van der Waals surface area contributed by atoms with Gasteiger partial charge in [-0.2, -0.15) is 0 Å². The molecule has 1 N–H and O–H groups in total. The van der Waals surface area contributed by atoms with Crippen LogP contribution in [0.1, 0.15) is 36.3 Å². The molecule has 1 saturated carbocycles. The van der Waals surface area contributed by atoms with E-state index in [1.54, 1.807) is 19.1 Å². The summed E-state index contributed by atoms with van der Waals surface area (Å²) in [6.45, 7) is 5.94. The maximum absolute atomic E-state index is 12.1. The smallest absolute Gasteiger partial charge is 0.340 e. The van der Waals surface area contributed by atoms with Gasteiger partial charge in [0.25, 0.3) is 0 Å². The fourth-order valence-corrected chi connectivity index (χ4v) is 2.68. The van der Waals surface area contributed by atoms with Crippen molar-refractivity contribution in [3.05, 3.63) is 29.5 Å². The molecule has 116 valence electrons. The molecule has 0 bridgehead atoms. The number of carbonyl (C=O) groups is 2. The van der Waals surface area contributed by atoms with Crippen LogP contribution in [-0.4, -0.2) is 23.5 Å². The Balaban J connectivity index is 1.92. The van der Waals surface area contributed by atoms with Gasteiger partial charge in [-0.1, -0.05) is 6.92 Å². The van der Waals surface area contributed by atoms with E-state index < -0.39 is 0 Å². The van der Waals surface area contributed by atoms with Crippen LogP contribution >= 0.6 is 0 Å². The molecule has 0 saturated heterocycles. The van der Waals surface area contributed by atoms with E-state index in [9.17, 15) is 9.59 Å². The van der Waals surface area contributed by atoms with Crippen LogP contribution in [0.2, 0.25) is 0 Å². The van der Waals surface area contributed by atoms with Crippen molar-refractivity contribution >= 4 is 22.8 Å². The molecular weight excluding hydrogens is 282 g/mol. The van der Waals surface area contributed by atoms with Crippen molar-refractivity contribution in [3.63, 3.8) is 0 Å². The minimum atomic E-state index is -0.370. The molecule has 5 nitrogen and oxygen atoms in total. The van der Waals surface area contributed by atoms with Gasteiger partial charge in [-0.05, 0) is 44.4 Å². The number of hydrogen-bond acceptors (Lipinski definition) is 4. The number of aryl methyl sites for hydroxylation is 1. The second kappa shape index (κ2) is 5.48. The van der Waals surface area contributed by atoms with Gasteiger partial charge in [0.1, 0.15) is 5.75 Å². The number of benzene rings is 1. The van der Waals surface area contributed by atoms with Gasteiger partial charge in [-0.15, -0.1) is 0 Å². The number of aromatic nitrogens is 1. The van der Waals surface area contributed by atoms with Gasteiger partial charge >= 0.3 is 11.9 Å². The van der Waals surface area contributed by atoms with Gasteiger partial charge in [0.15, 0.2) is 0 Å². The molecule has 1 aromatic carbocycles. The van der Waals surface area contributed by atoms with Crippen LogP contribution in [0.25, 0.3) is 10.9 Å². The molecule has 0 aliphatic heterocycles. The molecule has 0 spiro atoms. The molecule has 1 heterocycles. The summed E-state index contributed by atoms with van der Waals surface area (Å²) in [5, 5.41) is 0.713. The first-order valence-corrected chi connectivity index (χ1v) is 7.52.